The molecule has 0 bridgehead atoms. The maximum Gasteiger partial charge on any atom is 0.414 e. The van der Waals surface area contributed by atoms with Crippen molar-refractivity contribution in [2.45, 2.75) is 13.0 Å². The molecule has 0 radical (unpaired) electrons. The number of rotatable bonds is 6. The normalized spacial score (nSPS) is 17.9. The average Bonchev–Trinajstić information content (AvgIpc) is 2.85. The second kappa shape index (κ2) is 6.91. The molecular weight excluding hydrogens is 260 g/mol. The van der Waals surface area contributed by atoms with Gasteiger partial charge in [0.25, 0.3) is 0 Å². The van der Waals surface area contributed by atoms with Crippen LogP contribution in [0.3, 0.4) is 0 Å². The number of benzene rings is 1. The molecule has 1 atom stereocenters. The Labute approximate surface area is 117 Å². The smallest absolute Gasteiger partial charge is 0.414 e. The molecule has 0 aliphatic carbocycles. The zero-order valence-corrected chi connectivity index (χ0v) is 11.4. The van der Waals surface area contributed by atoms with Crippen LogP contribution in [0.2, 0.25) is 0 Å². The summed E-state index contributed by atoms with van der Waals surface area (Å²) in [6.07, 6.45) is -0.728. The van der Waals surface area contributed by atoms with Crippen LogP contribution in [0.15, 0.2) is 30.3 Å². The first-order valence-electron chi connectivity index (χ1n) is 6.58. The standard InChI is InChI=1S/C14H18N2O4/c1-2-19-10-13(17)15-8-12-9-16(14(18)20-12)11-6-4-3-5-7-11/h3-7,12H,2,8-10H2,1H3,(H,15,17). The number of nitrogens with zero attached hydrogens (tertiary/aromatic N) is 1. The molecule has 108 valence electrons. The van der Waals surface area contributed by atoms with Gasteiger partial charge in [0.05, 0.1) is 13.1 Å². The van der Waals surface area contributed by atoms with E-state index in [4.69, 9.17) is 9.47 Å². The van der Waals surface area contributed by atoms with Gasteiger partial charge in [-0.1, -0.05) is 18.2 Å². The fourth-order valence-corrected chi connectivity index (χ4v) is 1.92. The second-order valence-corrected chi connectivity index (χ2v) is 4.39. The minimum absolute atomic E-state index is 0.0273. The van der Waals surface area contributed by atoms with Crippen LogP contribution in [0.25, 0.3) is 0 Å². The van der Waals surface area contributed by atoms with Crippen molar-refractivity contribution in [1.82, 2.24) is 5.32 Å². The highest BCUT2D eigenvalue weighted by Gasteiger charge is 2.32. The van der Waals surface area contributed by atoms with Crippen LogP contribution in [-0.2, 0) is 14.3 Å². The molecule has 1 aromatic carbocycles. The van der Waals surface area contributed by atoms with Crippen LogP contribution in [0, 0.1) is 0 Å². The molecule has 1 unspecified atom stereocenters. The monoisotopic (exact) mass is 278 g/mol. The molecule has 1 aromatic rings. The maximum absolute atomic E-state index is 11.8. The van der Waals surface area contributed by atoms with Crippen LogP contribution in [0.5, 0.6) is 0 Å². The lowest BCUT2D eigenvalue weighted by Gasteiger charge is -2.12. The van der Waals surface area contributed by atoms with Gasteiger partial charge in [-0.2, -0.15) is 0 Å². The van der Waals surface area contributed by atoms with Gasteiger partial charge in [-0.15, -0.1) is 0 Å². The van der Waals surface area contributed by atoms with E-state index in [2.05, 4.69) is 5.32 Å². The third-order valence-electron chi connectivity index (χ3n) is 2.91. The molecule has 20 heavy (non-hydrogen) atoms. The highest BCUT2D eigenvalue weighted by atomic mass is 16.6. The van der Waals surface area contributed by atoms with Crippen molar-refractivity contribution in [3.8, 4) is 0 Å². The van der Waals surface area contributed by atoms with Crippen molar-refractivity contribution < 1.29 is 19.1 Å². The summed E-state index contributed by atoms with van der Waals surface area (Å²) in [5.41, 5.74) is 0.792. The molecule has 1 aliphatic heterocycles. The molecule has 6 heteroatoms. The first kappa shape index (κ1) is 14.3. The minimum Gasteiger partial charge on any atom is -0.442 e. The van der Waals surface area contributed by atoms with E-state index < -0.39 is 0 Å². The highest BCUT2D eigenvalue weighted by Crippen LogP contribution is 2.20. The average molecular weight is 278 g/mol. The topological polar surface area (TPSA) is 67.9 Å². The predicted molar refractivity (Wildman–Crippen MR) is 73.6 cm³/mol. The number of anilines is 1. The Hall–Kier alpha value is -2.08. The van der Waals surface area contributed by atoms with Crippen LogP contribution >= 0.6 is 0 Å². The Balaban J connectivity index is 1.82. The largest absolute Gasteiger partial charge is 0.442 e. The number of nitrogens with one attached hydrogen (secondary N) is 1. The fourth-order valence-electron chi connectivity index (χ4n) is 1.92. The van der Waals surface area contributed by atoms with Crippen molar-refractivity contribution in [2.24, 2.45) is 0 Å². The molecule has 2 rings (SSSR count). The Morgan fingerprint density at radius 2 is 2.20 bits per heavy atom. The third-order valence-corrected chi connectivity index (χ3v) is 2.91. The molecule has 1 fully saturated rings. The summed E-state index contributed by atoms with van der Waals surface area (Å²) >= 11 is 0. The number of hydrogen-bond donors (Lipinski definition) is 1. The summed E-state index contributed by atoms with van der Waals surface area (Å²) in [6, 6.07) is 9.30. The van der Waals surface area contributed by atoms with Crippen molar-refractivity contribution >= 4 is 17.7 Å². The van der Waals surface area contributed by atoms with Crippen LogP contribution < -0.4 is 10.2 Å². The molecule has 1 heterocycles. The summed E-state index contributed by atoms with van der Waals surface area (Å²) in [5.74, 6) is -0.207. The summed E-state index contributed by atoms with van der Waals surface area (Å²) < 4.78 is 10.2. The van der Waals surface area contributed by atoms with Crippen molar-refractivity contribution in [3.63, 3.8) is 0 Å². The van der Waals surface area contributed by atoms with Gasteiger partial charge in [-0.25, -0.2) is 4.79 Å². The van der Waals surface area contributed by atoms with Gasteiger partial charge in [0.15, 0.2) is 0 Å². The van der Waals surface area contributed by atoms with E-state index in [9.17, 15) is 9.59 Å². The molecule has 1 N–H and O–H groups in total. The number of cyclic esters (lactones) is 1. The minimum atomic E-state index is -0.389. The number of ether oxygens (including phenoxy) is 2. The van der Waals surface area contributed by atoms with Crippen molar-refractivity contribution in [3.05, 3.63) is 30.3 Å². The van der Waals surface area contributed by atoms with Crippen LogP contribution in [0.4, 0.5) is 10.5 Å². The number of amides is 2. The lowest BCUT2D eigenvalue weighted by molar-refractivity contribution is -0.125. The molecule has 0 aromatic heterocycles. The van der Waals surface area contributed by atoms with E-state index in [-0.39, 0.29) is 24.7 Å². The quantitative estimate of drug-likeness (QED) is 0.848. The van der Waals surface area contributed by atoms with Crippen molar-refractivity contribution in [2.75, 3.05) is 31.2 Å². The zero-order chi connectivity index (χ0) is 14.4. The number of carbonyl (C=O) groups excluding carboxylic acids is 2. The number of para-hydroxylation sites is 1. The molecular formula is C14H18N2O4. The van der Waals surface area contributed by atoms with E-state index in [1.165, 1.54) is 0 Å². The van der Waals surface area contributed by atoms with E-state index in [0.29, 0.717) is 19.7 Å². The molecule has 6 nitrogen and oxygen atoms in total. The lowest BCUT2D eigenvalue weighted by Crippen LogP contribution is -2.36. The van der Waals surface area contributed by atoms with Gasteiger partial charge in [0.1, 0.15) is 12.7 Å². The molecule has 0 spiro atoms. The van der Waals surface area contributed by atoms with E-state index >= 15 is 0 Å². The number of hydrogen-bond acceptors (Lipinski definition) is 4. The third kappa shape index (κ3) is 3.71. The van der Waals surface area contributed by atoms with Crippen molar-refractivity contribution in [1.29, 1.82) is 0 Å². The summed E-state index contributed by atoms with van der Waals surface area (Å²) in [7, 11) is 0. The van der Waals surface area contributed by atoms with E-state index in [1.54, 1.807) is 4.90 Å². The molecule has 2 amide bonds. The lowest BCUT2D eigenvalue weighted by atomic mass is 10.2. The zero-order valence-electron chi connectivity index (χ0n) is 11.4. The SMILES string of the molecule is CCOCC(=O)NCC1CN(c2ccccc2)C(=O)O1. The van der Waals surface area contributed by atoms with Gasteiger partial charge in [-0.3, -0.25) is 9.69 Å². The highest BCUT2D eigenvalue weighted by molar-refractivity contribution is 5.89. The number of carbonyl (C=O) groups is 2. The first-order chi connectivity index (χ1) is 9.70. The van der Waals surface area contributed by atoms with Crippen LogP contribution in [-0.4, -0.2) is 44.4 Å². The maximum atomic E-state index is 11.8. The van der Waals surface area contributed by atoms with Gasteiger partial charge < -0.3 is 14.8 Å². The summed E-state index contributed by atoms with van der Waals surface area (Å²) in [4.78, 5) is 24.7. The summed E-state index contributed by atoms with van der Waals surface area (Å²) in [6.45, 7) is 3.07. The Bertz CT molecular complexity index is 464. The van der Waals surface area contributed by atoms with Gasteiger partial charge >= 0.3 is 6.09 Å². The second-order valence-electron chi connectivity index (χ2n) is 4.39. The Morgan fingerprint density at radius 1 is 1.45 bits per heavy atom. The van der Waals surface area contributed by atoms with Gasteiger partial charge in [0, 0.05) is 12.3 Å². The predicted octanol–water partition coefficient (Wildman–Crippen LogP) is 1.16. The Morgan fingerprint density at radius 3 is 2.90 bits per heavy atom. The first-order valence-corrected chi connectivity index (χ1v) is 6.58. The summed E-state index contributed by atoms with van der Waals surface area (Å²) in [5, 5.41) is 2.68. The van der Waals surface area contributed by atoms with E-state index in [0.717, 1.165) is 5.69 Å². The Kier molecular flexibility index (Phi) is 4.95. The molecule has 1 aliphatic rings. The van der Waals surface area contributed by atoms with Gasteiger partial charge in [0.2, 0.25) is 5.91 Å². The molecule has 1 saturated heterocycles. The van der Waals surface area contributed by atoms with Gasteiger partial charge in [-0.05, 0) is 19.1 Å². The molecule has 0 saturated carbocycles. The van der Waals surface area contributed by atoms with E-state index in [1.807, 2.05) is 37.3 Å². The fraction of sp³-hybridized carbons (Fsp3) is 0.429. The van der Waals surface area contributed by atoms with Crippen LogP contribution in [0.1, 0.15) is 6.92 Å².